The summed E-state index contributed by atoms with van der Waals surface area (Å²) >= 11 is 0. The lowest BCUT2D eigenvalue weighted by Gasteiger charge is -2.32. The highest BCUT2D eigenvalue weighted by Crippen LogP contribution is 2.16. The van der Waals surface area contributed by atoms with Gasteiger partial charge in [-0.05, 0) is 55.7 Å². The summed E-state index contributed by atoms with van der Waals surface area (Å²) in [6, 6.07) is 11.4. The first-order valence-electron chi connectivity index (χ1n) is 9.66. The molecule has 2 aromatic rings. The van der Waals surface area contributed by atoms with E-state index in [1.54, 1.807) is 17.0 Å². The second-order valence-electron chi connectivity index (χ2n) is 7.23. The molecule has 1 fully saturated rings. The van der Waals surface area contributed by atoms with Crippen LogP contribution in [0, 0.1) is 12.7 Å². The molecule has 3 rings (SSSR count). The number of piperidine rings is 1. The van der Waals surface area contributed by atoms with E-state index in [1.807, 2.05) is 19.1 Å². The van der Waals surface area contributed by atoms with E-state index >= 15 is 0 Å². The topological polar surface area (TPSA) is 95.6 Å². The van der Waals surface area contributed by atoms with E-state index in [0.717, 1.165) is 17.7 Å². The van der Waals surface area contributed by atoms with E-state index in [-0.39, 0.29) is 29.3 Å². The number of rotatable bonds is 6. The number of aryl methyl sites for hydroxylation is 1. The van der Waals surface area contributed by atoms with Crippen LogP contribution in [0.2, 0.25) is 0 Å². The minimum absolute atomic E-state index is 0.00123. The van der Waals surface area contributed by atoms with E-state index in [9.17, 15) is 22.4 Å². The molecule has 160 valence electrons. The van der Waals surface area contributed by atoms with Crippen molar-refractivity contribution in [3.63, 3.8) is 0 Å². The summed E-state index contributed by atoms with van der Waals surface area (Å²) in [7, 11) is -3.75. The number of halogens is 1. The number of nitrogens with one attached hydrogen (secondary N) is 2. The number of benzene rings is 2. The summed E-state index contributed by atoms with van der Waals surface area (Å²) < 4.78 is 40.4. The van der Waals surface area contributed by atoms with Gasteiger partial charge in [-0.15, -0.1) is 0 Å². The van der Waals surface area contributed by atoms with E-state index in [4.69, 9.17) is 0 Å². The molecule has 0 saturated carbocycles. The molecule has 0 bridgehead atoms. The maximum Gasteiger partial charge on any atom is 0.251 e. The summed E-state index contributed by atoms with van der Waals surface area (Å²) in [5.74, 6) is -1.02. The zero-order valence-electron chi connectivity index (χ0n) is 16.6. The Morgan fingerprint density at radius 2 is 1.70 bits per heavy atom. The summed E-state index contributed by atoms with van der Waals surface area (Å²) in [6.07, 6.45) is 0.913. The van der Waals surface area contributed by atoms with Gasteiger partial charge in [-0.2, -0.15) is 0 Å². The van der Waals surface area contributed by atoms with Crippen molar-refractivity contribution < 1.29 is 22.4 Å². The zero-order valence-corrected chi connectivity index (χ0v) is 17.4. The Kier molecular flexibility index (Phi) is 6.84. The average molecular weight is 434 g/mol. The Labute approximate surface area is 175 Å². The monoisotopic (exact) mass is 433 g/mol. The normalized spacial score (nSPS) is 15.1. The van der Waals surface area contributed by atoms with Crippen molar-refractivity contribution in [1.29, 1.82) is 0 Å². The molecule has 30 heavy (non-hydrogen) atoms. The molecule has 0 radical (unpaired) electrons. The molecule has 2 N–H and O–H groups in total. The quantitative estimate of drug-likeness (QED) is 0.727. The van der Waals surface area contributed by atoms with E-state index < -0.39 is 15.8 Å². The molecule has 1 heterocycles. The molecule has 0 aliphatic carbocycles. The molecule has 1 saturated heterocycles. The number of carbonyl (C=O) groups is 2. The first-order valence-corrected chi connectivity index (χ1v) is 11.1. The molecular weight excluding hydrogens is 409 g/mol. The highest BCUT2D eigenvalue weighted by molar-refractivity contribution is 7.89. The fraction of sp³-hybridized carbons (Fsp3) is 0.333. The van der Waals surface area contributed by atoms with Crippen LogP contribution in [-0.4, -0.2) is 50.8 Å². The van der Waals surface area contributed by atoms with Crippen molar-refractivity contribution in [2.45, 2.75) is 30.7 Å². The van der Waals surface area contributed by atoms with Crippen LogP contribution < -0.4 is 10.0 Å². The lowest BCUT2D eigenvalue weighted by Crippen LogP contribution is -2.49. The number of nitrogens with zero attached hydrogens (tertiary/aromatic N) is 1. The van der Waals surface area contributed by atoms with Crippen LogP contribution in [0.4, 0.5) is 4.39 Å². The Hall–Kier alpha value is -2.78. The lowest BCUT2D eigenvalue weighted by molar-refractivity contribution is -0.131. The molecule has 2 aromatic carbocycles. The number of amides is 2. The van der Waals surface area contributed by atoms with Crippen molar-refractivity contribution in [1.82, 2.24) is 14.9 Å². The van der Waals surface area contributed by atoms with Crippen LogP contribution >= 0.6 is 0 Å². The van der Waals surface area contributed by atoms with Crippen molar-refractivity contribution in [3.05, 3.63) is 65.5 Å². The zero-order chi connectivity index (χ0) is 21.7. The summed E-state index contributed by atoms with van der Waals surface area (Å²) in [4.78, 5) is 26.2. The van der Waals surface area contributed by atoms with Crippen LogP contribution in [-0.2, 0) is 14.8 Å². The van der Waals surface area contributed by atoms with Crippen molar-refractivity contribution in [2.75, 3.05) is 19.6 Å². The minimum atomic E-state index is -3.75. The predicted molar refractivity (Wildman–Crippen MR) is 110 cm³/mol. The molecule has 2 amide bonds. The molecule has 0 unspecified atom stereocenters. The van der Waals surface area contributed by atoms with Crippen LogP contribution in [0.25, 0.3) is 0 Å². The summed E-state index contributed by atoms with van der Waals surface area (Å²) in [5, 5.41) is 2.64. The number of sulfonamides is 1. The maximum absolute atomic E-state index is 13.0. The van der Waals surface area contributed by atoms with Crippen LogP contribution in [0.3, 0.4) is 0 Å². The molecule has 1 aliphatic rings. The van der Waals surface area contributed by atoms with Gasteiger partial charge < -0.3 is 10.2 Å². The minimum Gasteiger partial charge on any atom is -0.343 e. The van der Waals surface area contributed by atoms with Gasteiger partial charge in [-0.3, -0.25) is 9.59 Å². The predicted octanol–water partition coefficient (Wildman–Crippen LogP) is 1.83. The van der Waals surface area contributed by atoms with Gasteiger partial charge in [-0.1, -0.05) is 18.2 Å². The standard InChI is InChI=1S/C21H24FN3O4S/c1-15-4-2-3-5-19(15)21(27)23-14-20(26)25-12-10-17(11-13-25)24-30(28,29)18-8-6-16(22)7-9-18/h2-9,17,24H,10-14H2,1H3,(H,23,27). The highest BCUT2D eigenvalue weighted by atomic mass is 32.2. The van der Waals surface area contributed by atoms with Crippen LogP contribution in [0.15, 0.2) is 53.4 Å². The molecule has 0 aromatic heterocycles. The molecule has 7 nitrogen and oxygen atoms in total. The number of carbonyl (C=O) groups excluding carboxylic acids is 2. The average Bonchev–Trinajstić information content (AvgIpc) is 2.72. The Balaban J connectivity index is 1.48. The molecule has 9 heteroatoms. The SMILES string of the molecule is Cc1ccccc1C(=O)NCC(=O)N1CCC(NS(=O)(=O)c2ccc(F)cc2)CC1. The van der Waals surface area contributed by atoms with Gasteiger partial charge in [0.05, 0.1) is 11.4 Å². The molecule has 0 spiro atoms. The number of hydrogen-bond donors (Lipinski definition) is 2. The second kappa shape index (κ2) is 9.36. The number of hydrogen-bond acceptors (Lipinski definition) is 4. The first-order chi connectivity index (χ1) is 14.3. The Bertz CT molecular complexity index is 1020. The summed E-state index contributed by atoms with van der Waals surface area (Å²) in [6.45, 7) is 2.49. The van der Waals surface area contributed by atoms with Crippen molar-refractivity contribution >= 4 is 21.8 Å². The fourth-order valence-electron chi connectivity index (χ4n) is 3.34. The fourth-order valence-corrected chi connectivity index (χ4v) is 4.64. The smallest absolute Gasteiger partial charge is 0.251 e. The van der Waals surface area contributed by atoms with E-state index in [0.29, 0.717) is 31.5 Å². The van der Waals surface area contributed by atoms with Gasteiger partial charge >= 0.3 is 0 Å². The summed E-state index contributed by atoms with van der Waals surface area (Å²) in [5.41, 5.74) is 1.36. The molecule has 1 aliphatic heterocycles. The van der Waals surface area contributed by atoms with Crippen LogP contribution in [0.5, 0.6) is 0 Å². The molecular formula is C21H24FN3O4S. The van der Waals surface area contributed by atoms with Gasteiger partial charge in [0.1, 0.15) is 5.82 Å². The van der Waals surface area contributed by atoms with Crippen molar-refractivity contribution in [2.24, 2.45) is 0 Å². The maximum atomic E-state index is 13.0. The van der Waals surface area contributed by atoms with Gasteiger partial charge in [0.2, 0.25) is 15.9 Å². The number of likely N-dealkylation sites (tertiary alicyclic amines) is 1. The van der Waals surface area contributed by atoms with Crippen LogP contribution in [0.1, 0.15) is 28.8 Å². The van der Waals surface area contributed by atoms with Gasteiger partial charge in [0.15, 0.2) is 0 Å². The molecule has 0 atom stereocenters. The van der Waals surface area contributed by atoms with Crippen molar-refractivity contribution in [3.8, 4) is 0 Å². The Morgan fingerprint density at radius 1 is 1.07 bits per heavy atom. The van der Waals surface area contributed by atoms with E-state index in [1.165, 1.54) is 12.1 Å². The second-order valence-corrected chi connectivity index (χ2v) is 8.94. The third-order valence-electron chi connectivity index (χ3n) is 5.08. The van der Waals surface area contributed by atoms with Gasteiger partial charge in [0, 0.05) is 24.7 Å². The lowest BCUT2D eigenvalue weighted by atomic mass is 10.1. The largest absolute Gasteiger partial charge is 0.343 e. The third-order valence-corrected chi connectivity index (χ3v) is 6.62. The third kappa shape index (κ3) is 5.43. The highest BCUT2D eigenvalue weighted by Gasteiger charge is 2.27. The first kappa shape index (κ1) is 21.9. The Morgan fingerprint density at radius 3 is 2.33 bits per heavy atom. The van der Waals surface area contributed by atoms with Gasteiger partial charge in [-0.25, -0.2) is 17.5 Å². The van der Waals surface area contributed by atoms with Gasteiger partial charge in [0.25, 0.3) is 5.91 Å². The van der Waals surface area contributed by atoms with E-state index in [2.05, 4.69) is 10.0 Å².